The van der Waals surface area contributed by atoms with Gasteiger partial charge in [0.1, 0.15) is 11.6 Å². The molecule has 0 N–H and O–H groups in total. The monoisotopic (exact) mass is 414 g/mol. The predicted octanol–water partition coefficient (Wildman–Crippen LogP) is 8.10. The number of hydrogen-bond acceptors (Lipinski definition) is 1. The minimum absolute atomic E-state index is 0.0158. The van der Waals surface area contributed by atoms with Gasteiger partial charge in [-0.25, -0.2) is 8.78 Å². The number of rotatable bonds is 10. The first kappa shape index (κ1) is 22.9. The van der Waals surface area contributed by atoms with Crippen molar-refractivity contribution in [3.63, 3.8) is 0 Å². The highest BCUT2D eigenvalue weighted by Gasteiger charge is 2.20. The molecule has 0 unspecified atom stereocenters. The molecule has 3 heteroatoms. The van der Waals surface area contributed by atoms with Crippen LogP contribution in [0.25, 0.3) is 11.1 Å². The van der Waals surface area contributed by atoms with E-state index in [0.29, 0.717) is 5.56 Å². The molecule has 0 bridgehead atoms. The summed E-state index contributed by atoms with van der Waals surface area (Å²) in [5.41, 5.74) is 2.70. The van der Waals surface area contributed by atoms with Gasteiger partial charge in [0, 0.05) is 12.7 Å². The van der Waals surface area contributed by atoms with Crippen LogP contribution in [-0.2, 0) is 17.8 Å². The van der Waals surface area contributed by atoms with Crippen LogP contribution in [0.4, 0.5) is 8.78 Å². The molecule has 0 aliphatic heterocycles. The highest BCUT2D eigenvalue weighted by Crippen LogP contribution is 2.34. The number of ether oxygens (including phenoxy) is 1. The predicted molar refractivity (Wildman–Crippen MR) is 120 cm³/mol. The number of methoxy groups -OCH3 is 1. The number of halogens is 2. The minimum atomic E-state index is -0.554. The highest BCUT2D eigenvalue weighted by molar-refractivity contribution is 5.64. The van der Waals surface area contributed by atoms with Gasteiger partial charge in [-0.1, -0.05) is 82.6 Å². The second-order valence-electron chi connectivity index (χ2n) is 8.97. The Morgan fingerprint density at radius 1 is 0.833 bits per heavy atom. The lowest BCUT2D eigenvalue weighted by Crippen LogP contribution is -2.15. The summed E-state index contributed by atoms with van der Waals surface area (Å²) in [7, 11) is 1.44. The summed E-state index contributed by atoms with van der Waals surface area (Å²) in [4.78, 5) is 0. The van der Waals surface area contributed by atoms with Crippen LogP contribution in [0.1, 0.15) is 75.8 Å². The largest absolute Gasteiger partial charge is 0.380 e. The van der Waals surface area contributed by atoms with Crippen LogP contribution in [0.2, 0.25) is 0 Å². The van der Waals surface area contributed by atoms with Crippen molar-refractivity contribution in [2.75, 3.05) is 7.11 Å². The molecule has 1 aliphatic rings. The quantitative estimate of drug-likeness (QED) is 0.357. The fourth-order valence-electron chi connectivity index (χ4n) is 4.78. The van der Waals surface area contributed by atoms with Crippen molar-refractivity contribution in [2.24, 2.45) is 11.8 Å². The zero-order valence-corrected chi connectivity index (χ0v) is 18.6. The van der Waals surface area contributed by atoms with Gasteiger partial charge in [-0.3, -0.25) is 0 Å². The van der Waals surface area contributed by atoms with Crippen LogP contribution in [0.3, 0.4) is 0 Å². The molecular weight excluding hydrogens is 378 g/mol. The van der Waals surface area contributed by atoms with E-state index in [0.717, 1.165) is 23.8 Å². The van der Waals surface area contributed by atoms with Crippen LogP contribution in [-0.4, -0.2) is 7.11 Å². The highest BCUT2D eigenvalue weighted by atomic mass is 19.1. The van der Waals surface area contributed by atoms with Crippen LogP contribution in [0, 0.1) is 23.5 Å². The van der Waals surface area contributed by atoms with Crippen molar-refractivity contribution >= 4 is 0 Å². The lowest BCUT2D eigenvalue weighted by Gasteiger charge is -2.28. The number of benzene rings is 2. The molecule has 0 saturated heterocycles. The van der Waals surface area contributed by atoms with Gasteiger partial charge in [0.25, 0.3) is 0 Å². The lowest BCUT2D eigenvalue weighted by atomic mass is 9.78. The van der Waals surface area contributed by atoms with Crippen LogP contribution in [0.15, 0.2) is 36.4 Å². The standard InChI is InChI=1S/C27H36F2O/c1-3-4-5-6-20-7-9-21(10-8-20)11-12-22-13-15-23(16-14-22)24-17-26(28)25(19-30-2)27(29)18-24/h13-18,20-21H,3-12,19H2,1-2H3/t20-,21-. The molecule has 164 valence electrons. The Labute approximate surface area is 180 Å². The van der Waals surface area contributed by atoms with Crippen molar-refractivity contribution in [1.82, 2.24) is 0 Å². The third kappa shape index (κ3) is 6.38. The van der Waals surface area contributed by atoms with Crippen molar-refractivity contribution in [3.05, 3.63) is 59.2 Å². The van der Waals surface area contributed by atoms with Crippen molar-refractivity contribution < 1.29 is 13.5 Å². The van der Waals surface area contributed by atoms with Gasteiger partial charge in [0.2, 0.25) is 0 Å². The second kappa shape index (κ2) is 11.6. The molecule has 1 saturated carbocycles. The van der Waals surface area contributed by atoms with Crippen LogP contribution >= 0.6 is 0 Å². The molecule has 2 aromatic carbocycles. The van der Waals surface area contributed by atoms with Gasteiger partial charge in [-0.05, 0) is 53.5 Å². The Hall–Kier alpha value is -1.74. The third-order valence-electron chi connectivity index (χ3n) is 6.74. The topological polar surface area (TPSA) is 9.23 Å². The lowest BCUT2D eigenvalue weighted by molar-refractivity contribution is 0.177. The zero-order valence-electron chi connectivity index (χ0n) is 18.6. The first-order valence-corrected chi connectivity index (χ1v) is 11.7. The van der Waals surface area contributed by atoms with Crippen molar-refractivity contribution in [3.8, 4) is 11.1 Å². The number of aryl methyl sites for hydroxylation is 1. The summed E-state index contributed by atoms with van der Waals surface area (Å²) in [6.45, 7) is 2.22. The van der Waals surface area contributed by atoms with E-state index in [9.17, 15) is 8.78 Å². The summed E-state index contributed by atoms with van der Waals surface area (Å²) in [6.07, 6.45) is 13.4. The smallest absolute Gasteiger partial charge is 0.132 e. The Bertz CT molecular complexity index is 753. The molecule has 0 spiro atoms. The first-order valence-electron chi connectivity index (χ1n) is 11.7. The van der Waals surface area contributed by atoms with E-state index in [4.69, 9.17) is 4.74 Å². The molecule has 1 nitrogen and oxygen atoms in total. The Morgan fingerprint density at radius 2 is 1.43 bits per heavy atom. The maximum absolute atomic E-state index is 14.2. The summed E-state index contributed by atoms with van der Waals surface area (Å²) < 4.78 is 33.2. The van der Waals surface area contributed by atoms with Gasteiger partial charge >= 0.3 is 0 Å². The molecule has 1 fully saturated rings. The number of hydrogen-bond donors (Lipinski definition) is 0. The molecule has 0 aromatic heterocycles. The Kier molecular flexibility index (Phi) is 8.87. The summed E-state index contributed by atoms with van der Waals surface area (Å²) in [5, 5.41) is 0. The first-order chi connectivity index (χ1) is 14.6. The maximum Gasteiger partial charge on any atom is 0.132 e. The van der Waals surface area contributed by atoms with Gasteiger partial charge in [0.15, 0.2) is 0 Å². The average molecular weight is 415 g/mol. The normalized spacial score (nSPS) is 19.2. The SMILES string of the molecule is CCCCC[C@H]1CC[C@H](CCc2ccc(-c3cc(F)c(COC)c(F)c3)cc2)CC1. The zero-order chi connectivity index (χ0) is 21.3. The number of unbranched alkanes of at least 4 members (excludes halogenated alkanes) is 2. The van der Waals surface area contributed by atoms with E-state index in [2.05, 4.69) is 19.1 Å². The summed E-state index contributed by atoms with van der Waals surface area (Å²) in [5.74, 6) is 0.703. The average Bonchev–Trinajstić information content (AvgIpc) is 2.76. The van der Waals surface area contributed by atoms with Crippen LogP contribution < -0.4 is 0 Å². The molecule has 1 aliphatic carbocycles. The van der Waals surface area contributed by atoms with Gasteiger partial charge in [-0.15, -0.1) is 0 Å². The molecule has 30 heavy (non-hydrogen) atoms. The second-order valence-corrected chi connectivity index (χ2v) is 8.97. The minimum Gasteiger partial charge on any atom is -0.380 e. The van der Waals surface area contributed by atoms with Crippen molar-refractivity contribution in [1.29, 1.82) is 0 Å². The van der Waals surface area contributed by atoms with E-state index in [-0.39, 0.29) is 12.2 Å². The summed E-state index contributed by atoms with van der Waals surface area (Å²) >= 11 is 0. The molecule has 2 aromatic rings. The maximum atomic E-state index is 14.2. The molecular formula is C27H36F2O. The van der Waals surface area contributed by atoms with E-state index in [1.165, 1.54) is 82.6 Å². The van der Waals surface area contributed by atoms with Crippen molar-refractivity contribution in [2.45, 2.75) is 77.7 Å². The van der Waals surface area contributed by atoms with E-state index in [1.807, 2.05) is 12.1 Å². The summed E-state index contributed by atoms with van der Waals surface area (Å²) in [6, 6.07) is 10.9. The molecule has 0 amide bonds. The molecule has 3 rings (SSSR count). The fraction of sp³-hybridized carbons (Fsp3) is 0.556. The Morgan fingerprint density at radius 3 is 2.00 bits per heavy atom. The van der Waals surface area contributed by atoms with Crippen LogP contribution in [0.5, 0.6) is 0 Å². The fourth-order valence-corrected chi connectivity index (χ4v) is 4.78. The van der Waals surface area contributed by atoms with Gasteiger partial charge in [-0.2, -0.15) is 0 Å². The molecule has 0 atom stereocenters. The van der Waals surface area contributed by atoms with Gasteiger partial charge < -0.3 is 4.74 Å². The van der Waals surface area contributed by atoms with E-state index < -0.39 is 11.6 Å². The third-order valence-corrected chi connectivity index (χ3v) is 6.74. The van der Waals surface area contributed by atoms with E-state index in [1.54, 1.807) is 0 Å². The van der Waals surface area contributed by atoms with E-state index >= 15 is 0 Å². The van der Waals surface area contributed by atoms with Gasteiger partial charge in [0.05, 0.1) is 6.61 Å². The Balaban J connectivity index is 1.50. The molecule has 0 radical (unpaired) electrons. The molecule has 0 heterocycles.